The second-order valence-corrected chi connectivity index (χ2v) is 2.10. The van der Waals surface area contributed by atoms with E-state index in [0.717, 1.165) is 6.42 Å². The van der Waals surface area contributed by atoms with E-state index in [2.05, 4.69) is 16.9 Å². The number of alkyl halides is 1. The van der Waals surface area contributed by atoms with Gasteiger partial charge in [0.15, 0.2) is 0 Å². The third-order valence-corrected chi connectivity index (χ3v) is 0.848. The molecular formula is C9H20ClNO2. The molecule has 0 bridgehead atoms. The zero-order valence-corrected chi connectivity index (χ0v) is 9.77. The van der Waals surface area contributed by atoms with E-state index in [-0.39, 0.29) is 0 Å². The van der Waals surface area contributed by atoms with Crippen LogP contribution in [0.25, 0.3) is 0 Å². The lowest BCUT2D eigenvalue weighted by molar-refractivity contribution is -0.132. The monoisotopic (exact) mass is 209 g/mol. The van der Waals surface area contributed by atoms with Crippen molar-refractivity contribution in [1.82, 2.24) is 5.32 Å². The van der Waals surface area contributed by atoms with Crippen LogP contribution in [-0.4, -0.2) is 31.6 Å². The van der Waals surface area contributed by atoms with Gasteiger partial charge in [0.25, 0.3) is 0 Å². The Hall–Kier alpha value is -0.540. The summed E-state index contributed by atoms with van der Waals surface area (Å²) in [5.41, 5.74) is 0.424. The van der Waals surface area contributed by atoms with Gasteiger partial charge >= 0.3 is 5.97 Å². The van der Waals surface area contributed by atoms with Crippen LogP contribution >= 0.6 is 11.6 Å². The molecule has 0 fully saturated rings. The van der Waals surface area contributed by atoms with Gasteiger partial charge in [-0.2, -0.15) is 0 Å². The van der Waals surface area contributed by atoms with Gasteiger partial charge in [-0.3, -0.25) is 0 Å². The number of allylic oxidation sites excluding steroid dienone is 1. The van der Waals surface area contributed by atoms with Crippen molar-refractivity contribution >= 4 is 17.6 Å². The predicted octanol–water partition coefficient (Wildman–Crippen LogP) is 2.12. The molecule has 0 unspecified atom stereocenters. The third kappa shape index (κ3) is 24.6. The lowest BCUT2D eigenvalue weighted by atomic mass is 10.2. The Balaban J connectivity index is -0.000000169. The molecule has 0 saturated carbocycles. The predicted molar refractivity (Wildman–Crippen MR) is 58.4 cm³/mol. The van der Waals surface area contributed by atoms with Gasteiger partial charge in [0.05, 0.1) is 0 Å². The molecule has 13 heavy (non-hydrogen) atoms. The van der Waals surface area contributed by atoms with Gasteiger partial charge in [-0.05, 0) is 27.4 Å². The molecule has 0 aliphatic rings. The van der Waals surface area contributed by atoms with Gasteiger partial charge in [-0.15, -0.1) is 11.6 Å². The van der Waals surface area contributed by atoms with Crippen molar-refractivity contribution in [3.63, 3.8) is 0 Å². The molecule has 0 aromatic carbocycles. The average molecular weight is 210 g/mol. The summed E-state index contributed by atoms with van der Waals surface area (Å²) in [6.45, 7) is 3.50. The molecule has 3 nitrogen and oxygen atoms in total. The van der Waals surface area contributed by atoms with Crippen LogP contribution in [0.4, 0.5) is 0 Å². The summed E-state index contributed by atoms with van der Waals surface area (Å²) in [5.74, 6) is -0.827. The fourth-order valence-electron chi connectivity index (χ4n) is 0.393. The van der Waals surface area contributed by atoms with Crippen molar-refractivity contribution in [3.05, 3.63) is 11.6 Å². The van der Waals surface area contributed by atoms with Crippen molar-refractivity contribution in [2.24, 2.45) is 0 Å². The highest BCUT2D eigenvalue weighted by Crippen LogP contribution is 1.92. The first-order valence-corrected chi connectivity index (χ1v) is 4.72. The van der Waals surface area contributed by atoms with E-state index in [1.807, 2.05) is 21.0 Å². The largest absolute Gasteiger partial charge is 0.478 e. The van der Waals surface area contributed by atoms with Crippen molar-refractivity contribution in [1.29, 1.82) is 0 Å². The van der Waals surface area contributed by atoms with Crippen LogP contribution in [0.2, 0.25) is 0 Å². The van der Waals surface area contributed by atoms with E-state index in [1.165, 1.54) is 6.38 Å². The number of halogens is 1. The van der Waals surface area contributed by atoms with Crippen LogP contribution in [0.15, 0.2) is 11.6 Å². The number of carboxylic acids is 1. The van der Waals surface area contributed by atoms with Gasteiger partial charge in [-0.25, -0.2) is 4.79 Å². The number of carboxylic acid groups (broad SMARTS) is 1. The number of aliphatic carboxylic acids is 1. The topological polar surface area (TPSA) is 49.3 Å². The first-order chi connectivity index (χ1) is 6.09. The maximum atomic E-state index is 10.0. The molecule has 0 aromatic heterocycles. The smallest absolute Gasteiger partial charge is 0.330 e. The number of nitrogens with one attached hydrogen (secondary N) is 1. The molecule has 0 saturated heterocycles. The van der Waals surface area contributed by atoms with Gasteiger partial charge in [0.2, 0.25) is 0 Å². The summed E-state index contributed by atoms with van der Waals surface area (Å²) in [6, 6.07) is 0. The van der Waals surface area contributed by atoms with Gasteiger partial charge in [0, 0.05) is 12.0 Å². The molecular weight excluding hydrogens is 190 g/mol. The molecule has 0 aliphatic carbocycles. The quantitative estimate of drug-likeness (QED) is 0.541. The standard InChI is InChI=1S/C6H10O2.C2H7N.CH3Cl/c1-3-4-5(2)6(7)8;1-3-2;1-2/h4H,3H2,1-2H3,(H,7,8);3H,1-2H3;1H3. The SMILES string of the molecule is CCC=C(C)C(=O)O.CCl.CNC. The number of carbonyl (C=O) groups is 1. The lowest BCUT2D eigenvalue weighted by Crippen LogP contribution is -1.94. The van der Waals surface area contributed by atoms with Crippen LogP contribution in [0.1, 0.15) is 20.3 Å². The minimum atomic E-state index is -0.827. The van der Waals surface area contributed by atoms with Crippen molar-refractivity contribution in [2.45, 2.75) is 20.3 Å². The molecule has 80 valence electrons. The number of rotatable bonds is 2. The second kappa shape index (κ2) is 17.5. The molecule has 0 aliphatic heterocycles. The van der Waals surface area contributed by atoms with Crippen LogP contribution < -0.4 is 5.32 Å². The van der Waals surface area contributed by atoms with E-state index >= 15 is 0 Å². The van der Waals surface area contributed by atoms with Gasteiger partial charge in [-0.1, -0.05) is 13.0 Å². The Kier molecular flexibility index (Phi) is 24.6. The van der Waals surface area contributed by atoms with E-state index in [9.17, 15) is 4.79 Å². The maximum Gasteiger partial charge on any atom is 0.330 e. The van der Waals surface area contributed by atoms with Gasteiger partial charge < -0.3 is 10.4 Å². The second-order valence-electron chi connectivity index (χ2n) is 2.10. The normalized spacial score (nSPS) is 8.92. The van der Waals surface area contributed by atoms with Crippen molar-refractivity contribution in [3.8, 4) is 0 Å². The summed E-state index contributed by atoms with van der Waals surface area (Å²) in [4.78, 5) is 10.0. The van der Waals surface area contributed by atoms with Crippen molar-refractivity contribution < 1.29 is 9.90 Å². The van der Waals surface area contributed by atoms with E-state index in [1.54, 1.807) is 13.0 Å². The van der Waals surface area contributed by atoms with E-state index in [4.69, 9.17) is 5.11 Å². The fraction of sp³-hybridized carbons (Fsp3) is 0.667. The fourth-order valence-corrected chi connectivity index (χ4v) is 0.393. The highest BCUT2D eigenvalue weighted by atomic mass is 35.5. The van der Waals surface area contributed by atoms with Crippen LogP contribution in [0, 0.1) is 0 Å². The number of hydrogen-bond donors (Lipinski definition) is 2. The summed E-state index contributed by atoms with van der Waals surface area (Å²) < 4.78 is 0. The first-order valence-electron chi connectivity index (χ1n) is 3.96. The molecule has 0 radical (unpaired) electrons. The Morgan fingerprint density at radius 1 is 1.46 bits per heavy atom. The molecule has 0 aromatic rings. The molecule has 0 spiro atoms. The molecule has 0 amide bonds. The number of hydrogen-bond acceptors (Lipinski definition) is 2. The Morgan fingerprint density at radius 3 is 1.85 bits per heavy atom. The van der Waals surface area contributed by atoms with Crippen LogP contribution in [-0.2, 0) is 4.79 Å². The average Bonchev–Trinajstić information content (AvgIpc) is 2.10. The zero-order valence-electron chi connectivity index (χ0n) is 9.02. The summed E-state index contributed by atoms with van der Waals surface area (Å²) >= 11 is 4.64. The highest BCUT2D eigenvalue weighted by Gasteiger charge is 1.94. The lowest BCUT2D eigenvalue weighted by Gasteiger charge is -1.87. The molecule has 0 rings (SSSR count). The first kappa shape index (κ1) is 18.3. The summed E-state index contributed by atoms with van der Waals surface area (Å²) in [7, 11) is 3.75. The Morgan fingerprint density at radius 2 is 1.77 bits per heavy atom. The van der Waals surface area contributed by atoms with E-state index < -0.39 is 5.97 Å². The molecule has 4 heteroatoms. The summed E-state index contributed by atoms with van der Waals surface area (Å²) in [5, 5.41) is 11.0. The van der Waals surface area contributed by atoms with Crippen LogP contribution in [0.3, 0.4) is 0 Å². The third-order valence-electron chi connectivity index (χ3n) is 0.848. The summed E-state index contributed by atoms with van der Waals surface area (Å²) in [6.07, 6.45) is 3.94. The minimum absolute atomic E-state index is 0.424. The molecule has 0 atom stereocenters. The maximum absolute atomic E-state index is 10.0. The van der Waals surface area contributed by atoms with E-state index in [0.29, 0.717) is 5.57 Å². The molecule has 0 heterocycles. The van der Waals surface area contributed by atoms with Crippen LogP contribution in [0.5, 0.6) is 0 Å². The zero-order chi connectivity index (χ0) is 11.3. The Bertz CT molecular complexity index is 136. The van der Waals surface area contributed by atoms with Crippen molar-refractivity contribution in [2.75, 3.05) is 20.5 Å². The highest BCUT2D eigenvalue weighted by molar-refractivity contribution is 6.15. The molecule has 2 N–H and O–H groups in total. The van der Waals surface area contributed by atoms with Gasteiger partial charge in [0.1, 0.15) is 0 Å². The minimum Gasteiger partial charge on any atom is -0.478 e. The Labute approximate surface area is 85.8 Å².